The zero-order valence-electron chi connectivity index (χ0n) is 17.8. The third kappa shape index (κ3) is 5.25. The van der Waals surface area contributed by atoms with E-state index in [2.05, 4.69) is 9.71 Å². The molecule has 182 valence electrons. The van der Waals surface area contributed by atoms with Crippen LogP contribution in [0.4, 0.5) is 15.9 Å². The van der Waals surface area contributed by atoms with Crippen LogP contribution in [0.15, 0.2) is 45.8 Å². The number of halogens is 2. The number of carbonyl (C=O) groups excluding carboxylic acids is 1. The summed E-state index contributed by atoms with van der Waals surface area (Å²) in [5, 5.41) is 9.50. The lowest BCUT2D eigenvalue weighted by molar-refractivity contribution is 0.0293. The minimum absolute atomic E-state index is 0.0566. The summed E-state index contributed by atoms with van der Waals surface area (Å²) in [5.74, 6) is -0.606. The summed E-state index contributed by atoms with van der Waals surface area (Å²) in [5.41, 5.74) is 1.82. The number of pyridine rings is 1. The molecule has 3 aromatic rings. The molecule has 1 fully saturated rings. The Morgan fingerprint density at radius 3 is 2.76 bits per heavy atom. The smallest absolute Gasteiger partial charge is 0.310 e. The number of rotatable bonds is 8. The SMILES string of the molecule is O=C(NO)c1cc2ccc(S(=O)(=O)Nc3cc(Cl)cnc3N3CCC(OCCF)CC3)cc2o1. The maximum atomic E-state index is 13.1. The fourth-order valence-corrected chi connectivity index (χ4v) is 4.98. The minimum atomic E-state index is -4.07. The van der Waals surface area contributed by atoms with Crippen LogP contribution in [0.25, 0.3) is 11.0 Å². The summed E-state index contributed by atoms with van der Waals surface area (Å²) in [4.78, 5) is 17.7. The Morgan fingerprint density at radius 2 is 2.06 bits per heavy atom. The number of anilines is 2. The molecule has 0 bridgehead atoms. The molecule has 1 aromatic carbocycles. The van der Waals surface area contributed by atoms with E-state index in [1.807, 2.05) is 4.90 Å². The van der Waals surface area contributed by atoms with Gasteiger partial charge >= 0.3 is 5.91 Å². The molecule has 34 heavy (non-hydrogen) atoms. The monoisotopic (exact) mass is 512 g/mol. The summed E-state index contributed by atoms with van der Waals surface area (Å²) in [6.07, 6.45) is 2.67. The van der Waals surface area contributed by atoms with Crippen LogP contribution in [0.3, 0.4) is 0 Å². The predicted molar refractivity (Wildman–Crippen MR) is 123 cm³/mol. The number of alkyl halides is 1. The van der Waals surface area contributed by atoms with Gasteiger partial charge in [-0.15, -0.1) is 0 Å². The average Bonchev–Trinajstić information content (AvgIpc) is 3.26. The van der Waals surface area contributed by atoms with Crippen LogP contribution in [0, 0.1) is 0 Å². The summed E-state index contributed by atoms with van der Waals surface area (Å²) in [6, 6.07) is 6.98. The standard InChI is InChI=1S/C21H22ClFN4O6S/c22-14-10-17(20(24-12-14)27-6-3-15(4-7-27)32-8-5-23)26-34(30,31)16-2-1-13-9-19(21(28)25-29)33-18(13)11-16/h1-2,9-12,15,26,29H,3-8H2,(H,25,28). The van der Waals surface area contributed by atoms with Crippen LogP contribution in [-0.2, 0) is 14.8 Å². The maximum Gasteiger partial charge on any atom is 0.310 e. The van der Waals surface area contributed by atoms with Crippen molar-refractivity contribution in [3.05, 3.63) is 47.3 Å². The molecule has 0 spiro atoms. The fraction of sp³-hybridized carbons (Fsp3) is 0.333. The van der Waals surface area contributed by atoms with E-state index in [0.717, 1.165) is 0 Å². The van der Waals surface area contributed by atoms with Gasteiger partial charge in [0.25, 0.3) is 10.0 Å². The van der Waals surface area contributed by atoms with Crippen LogP contribution in [0.2, 0.25) is 5.02 Å². The number of hydrogen-bond donors (Lipinski definition) is 3. The van der Waals surface area contributed by atoms with Gasteiger partial charge in [-0.05, 0) is 37.1 Å². The summed E-state index contributed by atoms with van der Waals surface area (Å²) < 4.78 is 52.0. The molecule has 3 heterocycles. The molecule has 1 amide bonds. The third-order valence-electron chi connectivity index (χ3n) is 5.38. The first-order valence-corrected chi connectivity index (χ1v) is 12.3. The molecule has 10 nitrogen and oxygen atoms in total. The topological polar surface area (TPSA) is 134 Å². The number of aromatic nitrogens is 1. The number of hydroxylamine groups is 1. The highest BCUT2D eigenvalue weighted by molar-refractivity contribution is 7.92. The van der Waals surface area contributed by atoms with Crippen LogP contribution in [0.5, 0.6) is 0 Å². The second-order valence-corrected chi connectivity index (χ2v) is 9.75. The van der Waals surface area contributed by atoms with Crippen molar-refractivity contribution in [2.75, 3.05) is 36.0 Å². The number of amides is 1. The second kappa shape index (κ2) is 10.1. The van der Waals surface area contributed by atoms with Crippen molar-refractivity contribution >= 4 is 50.0 Å². The van der Waals surface area contributed by atoms with Crippen molar-refractivity contribution in [2.24, 2.45) is 0 Å². The summed E-state index contributed by atoms with van der Waals surface area (Å²) in [7, 11) is -4.07. The maximum absolute atomic E-state index is 13.1. The van der Waals surface area contributed by atoms with E-state index >= 15 is 0 Å². The summed E-state index contributed by atoms with van der Waals surface area (Å²) in [6.45, 7) is 0.619. The number of benzene rings is 1. The molecule has 0 radical (unpaired) electrons. The van der Waals surface area contributed by atoms with E-state index in [1.54, 1.807) is 0 Å². The summed E-state index contributed by atoms with van der Waals surface area (Å²) >= 11 is 6.09. The number of piperidine rings is 1. The predicted octanol–water partition coefficient (Wildman–Crippen LogP) is 3.36. The first-order chi connectivity index (χ1) is 16.3. The Bertz CT molecular complexity index is 1290. The lowest BCUT2D eigenvalue weighted by Crippen LogP contribution is -2.38. The molecule has 0 unspecified atom stereocenters. The lowest BCUT2D eigenvalue weighted by atomic mass is 10.1. The third-order valence-corrected chi connectivity index (χ3v) is 6.95. The van der Waals surface area contributed by atoms with E-state index < -0.39 is 22.6 Å². The fourth-order valence-electron chi connectivity index (χ4n) is 3.75. The first-order valence-electron chi connectivity index (χ1n) is 10.4. The van der Waals surface area contributed by atoms with Gasteiger partial charge in [-0.3, -0.25) is 14.7 Å². The molecule has 1 aliphatic heterocycles. The van der Waals surface area contributed by atoms with Gasteiger partial charge in [0, 0.05) is 30.7 Å². The van der Waals surface area contributed by atoms with Crippen molar-refractivity contribution in [3.8, 4) is 0 Å². The van der Waals surface area contributed by atoms with E-state index in [-0.39, 0.29) is 39.7 Å². The number of hydrogen-bond acceptors (Lipinski definition) is 8. The van der Waals surface area contributed by atoms with Crippen LogP contribution in [0.1, 0.15) is 23.4 Å². The van der Waals surface area contributed by atoms with Crippen LogP contribution < -0.4 is 15.1 Å². The average molecular weight is 513 g/mol. The zero-order chi connectivity index (χ0) is 24.3. The van der Waals surface area contributed by atoms with E-state index in [0.29, 0.717) is 37.1 Å². The Morgan fingerprint density at radius 1 is 1.29 bits per heavy atom. The van der Waals surface area contributed by atoms with Crippen molar-refractivity contribution in [2.45, 2.75) is 23.8 Å². The highest BCUT2D eigenvalue weighted by Crippen LogP contribution is 2.32. The second-order valence-electron chi connectivity index (χ2n) is 7.63. The molecule has 13 heteroatoms. The van der Waals surface area contributed by atoms with Crippen molar-refractivity contribution in [1.82, 2.24) is 10.5 Å². The van der Waals surface area contributed by atoms with Gasteiger partial charge < -0.3 is 14.1 Å². The molecule has 2 aromatic heterocycles. The van der Waals surface area contributed by atoms with Gasteiger partial charge in [0.05, 0.1) is 28.3 Å². The molecule has 0 saturated carbocycles. The van der Waals surface area contributed by atoms with E-state index in [9.17, 15) is 17.6 Å². The highest BCUT2D eigenvalue weighted by atomic mass is 35.5. The van der Waals surface area contributed by atoms with Crippen molar-refractivity contribution in [1.29, 1.82) is 0 Å². The Balaban J connectivity index is 1.57. The first kappa shape index (κ1) is 24.2. The molecule has 0 aliphatic carbocycles. The molecule has 1 saturated heterocycles. The number of furan rings is 1. The molecular weight excluding hydrogens is 491 g/mol. The quantitative estimate of drug-likeness (QED) is 0.309. The number of nitrogens with zero attached hydrogens (tertiary/aromatic N) is 2. The Labute approximate surface area is 199 Å². The van der Waals surface area contributed by atoms with Gasteiger partial charge in [0.1, 0.15) is 12.3 Å². The normalized spacial score (nSPS) is 15.0. The van der Waals surface area contributed by atoms with Gasteiger partial charge in [-0.25, -0.2) is 23.3 Å². The minimum Gasteiger partial charge on any atom is -0.451 e. The Kier molecular flexibility index (Phi) is 7.22. The van der Waals surface area contributed by atoms with Gasteiger partial charge in [-0.1, -0.05) is 11.6 Å². The molecule has 4 rings (SSSR count). The largest absolute Gasteiger partial charge is 0.451 e. The van der Waals surface area contributed by atoms with Gasteiger partial charge in [0.2, 0.25) is 0 Å². The molecule has 0 atom stereocenters. The number of ether oxygens (including phenoxy) is 1. The number of sulfonamides is 1. The number of carbonyl (C=O) groups is 1. The van der Waals surface area contributed by atoms with Crippen molar-refractivity contribution in [3.63, 3.8) is 0 Å². The molecule has 3 N–H and O–H groups in total. The Hall–Kier alpha value is -2.93. The van der Waals surface area contributed by atoms with Gasteiger partial charge in [-0.2, -0.15) is 0 Å². The molecule has 1 aliphatic rings. The number of nitrogens with one attached hydrogen (secondary N) is 2. The van der Waals surface area contributed by atoms with Crippen molar-refractivity contribution < 1.29 is 32.0 Å². The molecular formula is C21H22ClFN4O6S. The number of fused-ring (bicyclic) bond motifs is 1. The van der Waals surface area contributed by atoms with Crippen LogP contribution in [-0.4, -0.2) is 57.0 Å². The van der Waals surface area contributed by atoms with Crippen LogP contribution >= 0.6 is 11.6 Å². The zero-order valence-corrected chi connectivity index (χ0v) is 19.4. The van der Waals surface area contributed by atoms with E-state index in [4.69, 9.17) is 26.0 Å². The lowest BCUT2D eigenvalue weighted by Gasteiger charge is -2.33. The van der Waals surface area contributed by atoms with Gasteiger partial charge in [0.15, 0.2) is 11.6 Å². The van der Waals surface area contributed by atoms with E-state index in [1.165, 1.54) is 42.0 Å². The highest BCUT2D eigenvalue weighted by Gasteiger charge is 2.25.